The fraction of sp³-hybridized carbons (Fsp3) is 0.333. The number of rotatable bonds is 6. The first-order chi connectivity index (χ1) is 7.99. The van der Waals surface area contributed by atoms with Gasteiger partial charge in [-0.25, -0.2) is 4.39 Å². The van der Waals surface area contributed by atoms with Gasteiger partial charge in [0.2, 0.25) is 0 Å². The van der Waals surface area contributed by atoms with Crippen LogP contribution in [0.15, 0.2) is 24.3 Å². The summed E-state index contributed by atoms with van der Waals surface area (Å²) in [5.41, 5.74) is 0.425. The first-order valence-electron chi connectivity index (χ1n) is 5.18. The highest BCUT2D eigenvalue weighted by atomic mass is 19.1. The van der Waals surface area contributed by atoms with Crippen LogP contribution in [-0.2, 0) is 4.79 Å². The molecule has 4 nitrogen and oxygen atoms in total. The summed E-state index contributed by atoms with van der Waals surface area (Å²) in [6, 6.07) is 5.29. The van der Waals surface area contributed by atoms with Gasteiger partial charge in [0, 0.05) is 12.1 Å². The molecule has 0 radical (unpaired) electrons. The van der Waals surface area contributed by atoms with Gasteiger partial charge in [-0.05, 0) is 31.3 Å². The summed E-state index contributed by atoms with van der Waals surface area (Å²) in [6.45, 7) is 0.432. The summed E-state index contributed by atoms with van der Waals surface area (Å²) in [7, 11) is 1.67. The molecule has 0 bridgehead atoms. The highest BCUT2D eigenvalue weighted by molar-refractivity contribution is 5.97. The highest BCUT2D eigenvalue weighted by Crippen LogP contribution is 2.04. The van der Waals surface area contributed by atoms with Crippen LogP contribution >= 0.6 is 0 Å². The number of ketones is 1. The van der Waals surface area contributed by atoms with Crippen molar-refractivity contribution in [3.8, 4) is 0 Å². The third kappa shape index (κ3) is 4.74. The molecule has 1 aromatic carbocycles. The predicted octanol–water partition coefficient (Wildman–Crippen LogP) is 1.41. The number of carbonyl (C=O) groups excluding carboxylic acids is 1. The molecule has 0 atom stereocenters. The van der Waals surface area contributed by atoms with Crippen LogP contribution in [0.1, 0.15) is 16.8 Å². The zero-order chi connectivity index (χ0) is 12.8. The molecule has 0 aliphatic carbocycles. The van der Waals surface area contributed by atoms with Gasteiger partial charge in [-0.2, -0.15) is 0 Å². The van der Waals surface area contributed by atoms with E-state index >= 15 is 0 Å². The normalized spacial score (nSPS) is 10.5. The Morgan fingerprint density at radius 3 is 2.41 bits per heavy atom. The Hall–Kier alpha value is -1.75. The zero-order valence-corrected chi connectivity index (χ0v) is 9.52. The van der Waals surface area contributed by atoms with Crippen LogP contribution < -0.4 is 0 Å². The largest absolute Gasteiger partial charge is 0.481 e. The number of likely N-dealkylation sites (N-methyl/N-ethyl adjacent to an activating group) is 1. The fourth-order valence-corrected chi connectivity index (χ4v) is 1.34. The minimum absolute atomic E-state index is 0.00675. The second kappa shape index (κ2) is 6.10. The number of hydrogen-bond donors (Lipinski definition) is 1. The summed E-state index contributed by atoms with van der Waals surface area (Å²) >= 11 is 0. The number of benzene rings is 1. The molecule has 5 heteroatoms. The Kier molecular flexibility index (Phi) is 4.78. The maximum Gasteiger partial charge on any atom is 0.304 e. The van der Waals surface area contributed by atoms with Crippen molar-refractivity contribution in [3.05, 3.63) is 35.6 Å². The minimum atomic E-state index is -0.897. The average molecular weight is 239 g/mol. The van der Waals surface area contributed by atoms with Gasteiger partial charge in [0.05, 0.1) is 13.0 Å². The number of carboxylic acid groups (broad SMARTS) is 1. The van der Waals surface area contributed by atoms with E-state index in [4.69, 9.17) is 5.11 Å². The summed E-state index contributed by atoms with van der Waals surface area (Å²) in [5.74, 6) is -1.44. The molecule has 0 saturated heterocycles. The standard InChI is InChI=1S/C12H14FNO3/c1-14(7-6-12(16)17)8-11(15)9-2-4-10(13)5-3-9/h2-5H,6-8H2,1H3,(H,16,17). The van der Waals surface area contributed by atoms with Crippen molar-refractivity contribution < 1.29 is 19.1 Å². The Bertz CT molecular complexity index is 403. The van der Waals surface area contributed by atoms with Gasteiger partial charge >= 0.3 is 5.97 Å². The molecule has 0 aliphatic heterocycles. The summed E-state index contributed by atoms with van der Waals surface area (Å²) in [6.07, 6.45) is -0.00675. The molecule has 0 amide bonds. The number of carboxylic acids is 1. The lowest BCUT2D eigenvalue weighted by molar-refractivity contribution is -0.137. The van der Waals surface area contributed by atoms with Crippen LogP contribution in [0.2, 0.25) is 0 Å². The van der Waals surface area contributed by atoms with Crippen LogP contribution in [0.25, 0.3) is 0 Å². The zero-order valence-electron chi connectivity index (χ0n) is 9.52. The minimum Gasteiger partial charge on any atom is -0.481 e. The molecule has 92 valence electrons. The average Bonchev–Trinajstić information content (AvgIpc) is 2.27. The Labute approximate surface area is 98.7 Å². The first kappa shape index (κ1) is 13.3. The van der Waals surface area contributed by atoms with E-state index in [1.165, 1.54) is 24.3 Å². The van der Waals surface area contributed by atoms with Crippen molar-refractivity contribution in [1.29, 1.82) is 0 Å². The van der Waals surface area contributed by atoms with E-state index in [0.29, 0.717) is 12.1 Å². The van der Waals surface area contributed by atoms with Gasteiger partial charge < -0.3 is 5.11 Å². The first-order valence-corrected chi connectivity index (χ1v) is 5.18. The van der Waals surface area contributed by atoms with E-state index < -0.39 is 5.97 Å². The molecule has 17 heavy (non-hydrogen) atoms. The van der Waals surface area contributed by atoms with Crippen molar-refractivity contribution in [1.82, 2.24) is 4.90 Å². The fourth-order valence-electron chi connectivity index (χ4n) is 1.34. The SMILES string of the molecule is CN(CCC(=O)O)CC(=O)c1ccc(F)cc1. The molecular weight excluding hydrogens is 225 g/mol. The smallest absolute Gasteiger partial charge is 0.304 e. The molecule has 0 spiro atoms. The lowest BCUT2D eigenvalue weighted by Crippen LogP contribution is -2.28. The monoisotopic (exact) mass is 239 g/mol. The number of carbonyl (C=O) groups is 2. The summed E-state index contributed by atoms with van der Waals surface area (Å²) in [5, 5.41) is 8.49. The molecule has 0 aromatic heterocycles. The quantitative estimate of drug-likeness (QED) is 0.763. The van der Waals surface area contributed by atoms with Gasteiger partial charge in [0.1, 0.15) is 5.82 Å². The van der Waals surface area contributed by atoms with E-state index in [-0.39, 0.29) is 24.6 Å². The van der Waals surface area contributed by atoms with Gasteiger partial charge in [0.25, 0.3) is 0 Å². The summed E-state index contributed by atoms with van der Waals surface area (Å²) in [4.78, 5) is 23.7. The Balaban J connectivity index is 2.48. The highest BCUT2D eigenvalue weighted by Gasteiger charge is 2.10. The van der Waals surface area contributed by atoms with Gasteiger partial charge in [-0.1, -0.05) is 0 Å². The molecule has 0 saturated carbocycles. The number of nitrogens with zero attached hydrogens (tertiary/aromatic N) is 1. The predicted molar refractivity (Wildman–Crippen MR) is 60.5 cm³/mol. The van der Waals surface area contributed by atoms with Crippen molar-refractivity contribution in [2.45, 2.75) is 6.42 Å². The molecule has 0 fully saturated rings. The van der Waals surface area contributed by atoms with Crippen LogP contribution in [0.3, 0.4) is 0 Å². The molecule has 0 heterocycles. The molecule has 0 aliphatic rings. The van der Waals surface area contributed by atoms with Crippen LogP contribution in [0.5, 0.6) is 0 Å². The van der Waals surface area contributed by atoms with E-state index in [9.17, 15) is 14.0 Å². The van der Waals surface area contributed by atoms with Crippen LogP contribution in [0, 0.1) is 5.82 Å². The van der Waals surface area contributed by atoms with Crippen molar-refractivity contribution in [3.63, 3.8) is 0 Å². The number of Topliss-reactive ketones (excluding diaryl/α,β-unsaturated/α-hetero) is 1. The second-order valence-electron chi connectivity index (χ2n) is 3.81. The molecule has 0 unspecified atom stereocenters. The second-order valence-corrected chi connectivity index (χ2v) is 3.81. The lowest BCUT2D eigenvalue weighted by Gasteiger charge is -2.14. The number of hydrogen-bond acceptors (Lipinski definition) is 3. The third-order valence-electron chi connectivity index (χ3n) is 2.29. The maximum atomic E-state index is 12.6. The Morgan fingerprint density at radius 2 is 1.88 bits per heavy atom. The van der Waals surface area contributed by atoms with Gasteiger partial charge in [0.15, 0.2) is 5.78 Å². The molecule has 1 rings (SSSR count). The van der Waals surface area contributed by atoms with Crippen molar-refractivity contribution >= 4 is 11.8 Å². The summed E-state index contributed by atoms with van der Waals surface area (Å²) < 4.78 is 12.6. The van der Waals surface area contributed by atoms with Crippen LogP contribution in [-0.4, -0.2) is 41.9 Å². The third-order valence-corrected chi connectivity index (χ3v) is 2.29. The molecule has 1 aromatic rings. The molecular formula is C12H14FNO3. The van der Waals surface area contributed by atoms with Crippen LogP contribution in [0.4, 0.5) is 4.39 Å². The lowest BCUT2D eigenvalue weighted by atomic mass is 10.1. The van der Waals surface area contributed by atoms with E-state index in [1.807, 2.05) is 0 Å². The number of halogens is 1. The Morgan fingerprint density at radius 1 is 1.29 bits per heavy atom. The topological polar surface area (TPSA) is 57.6 Å². The van der Waals surface area contributed by atoms with E-state index in [2.05, 4.69) is 0 Å². The van der Waals surface area contributed by atoms with E-state index in [0.717, 1.165) is 0 Å². The molecule has 1 N–H and O–H groups in total. The number of aliphatic carboxylic acids is 1. The van der Waals surface area contributed by atoms with E-state index in [1.54, 1.807) is 11.9 Å². The maximum absolute atomic E-state index is 12.6. The van der Waals surface area contributed by atoms with Gasteiger partial charge in [-0.15, -0.1) is 0 Å². The van der Waals surface area contributed by atoms with Crippen molar-refractivity contribution in [2.24, 2.45) is 0 Å². The van der Waals surface area contributed by atoms with Crippen molar-refractivity contribution in [2.75, 3.05) is 20.1 Å². The van der Waals surface area contributed by atoms with Gasteiger partial charge in [-0.3, -0.25) is 14.5 Å².